The molecular formula is C20H21NO4S. The molecule has 26 heavy (non-hydrogen) atoms. The van der Waals surface area contributed by atoms with Crippen LogP contribution in [0.2, 0.25) is 0 Å². The molecule has 0 aliphatic heterocycles. The van der Waals surface area contributed by atoms with E-state index in [0.717, 1.165) is 17.3 Å². The average molecular weight is 371 g/mol. The molecule has 0 heterocycles. The fraction of sp³-hybridized carbons (Fsp3) is 0.250. The van der Waals surface area contributed by atoms with Gasteiger partial charge in [0.15, 0.2) is 0 Å². The van der Waals surface area contributed by atoms with E-state index in [-0.39, 0.29) is 16.8 Å². The zero-order valence-electron chi connectivity index (χ0n) is 14.4. The maximum absolute atomic E-state index is 12.6. The molecule has 2 aromatic carbocycles. The van der Waals surface area contributed by atoms with Gasteiger partial charge in [0.1, 0.15) is 6.04 Å². The predicted octanol–water partition coefficient (Wildman–Crippen LogP) is 3.01. The molecule has 2 atom stereocenters. The van der Waals surface area contributed by atoms with Gasteiger partial charge in [0.05, 0.1) is 5.92 Å². The summed E-state index contributed by atoms with van der Waals surface area (Å²) in [5.74, 6) is -1.74. The van der Waals surface area contributed by atoms with Crippen LogP contribution in [0.25, 0.3) is 0 Å². The van der Waals surface area contributed by atoms with Crippen LogP contribution in [-0.2, 0) is 16.0 Å². The van der Waals surface area contributed by atoms with Gasteiger partial charge in [-0.25, -0.2) is 0 Å². The summed E-state index contributed by atoms with van der Waals surface area (Å²) in [6, 6.07) is 17.4. The van der Waals surface area contributed by atoms with Gasteiger partial charge in [-0.05, 0) is 17.7 Å². The largest absolute Gasteiger partial charge is 0.481 e. The van der Waals surface area contributed by atoms with Crippen LogP contribution >= 0.6 is 11.8 Å². The van der Waals surface area contributed by atoms with E-state index in [0.29, 0.717) is 12.0 Å². The lowest BCUT2D eigenvalue weighted by atomic mass is 10.1. The van der Waals surface area contributed by atoms with Crippen molar-refractivity contribution in [3.63, 3.8) is 0 Å². The van der Waals surface area contributed by atoms with E-state index in [1.807, 2.05) is 36.4 Å². The van der Waals surface area contributed by atoms with Crippen LogP contribution in [0.4, 0.5) is 0 Å². The maximum Gasteiger partial charge on any atom is 0.307 e. The molecule has 2 rings (SSSR count). The zero-order valence-corrected chi connectivity index (χ0v) is 15.2. The molecule has 0 aliphatic carbocycles. The van der Waals surface area contributed by atoms with E-state index in [9.17, 15) is 14.4 Å². The van der Waals surface area contributed by atoms with Crippen molar-refractivity contribution in [2.24, 2.45) is 5.92 Å². The lowest BCUT2D eigenvalue weighted by molar-refractivity contribution is -0.140. The Morgan fingerprint density at radius 2 is 1.58 bits per heavy atom. The second kappa shape index (κ2) is 9.77. The monoisotopic (exact) mass is 371 g/mol. The topological polar surface area (TPSA) is 83.5 Å². The molecule has 136 valence electrons. The molecule has 6 heteroatoms. The van der Waals surface area contributed by atoms with E-state index in [4.69, 9.17) is 5.11 Å². The summed E-state index contributed by atoms with van der Waals surface area (Å²) >= 11 is 0.943. The number of carbonyl (C=O) groups excluding carboxylic acids is 2. The predicted molar refractivity (Wildman–Crippen MR) is 102 cm³/mol. The number of carboxylic acids is 1. The number of carboxylic acid groups (broad SMARTS) is 1. The molecular weight excluding hydrogens is 350 g/mol. The molecule has 1 amide bonds. The number of hydrogen-bond donors (Lipinski definition) is 2. The van der Waals surface area contributed by atoms with Crippen molar-refractivity contribution in [1.29, 1.82) is 0 Å². The zero-order chi connectivity index (χ0) is 18.9. The molecule has 0 radical (unpaired) electrons. The Hall–Kier alpha value is -2.60. The number of thioether (sulfide) groups is 1. The molecule has 0 saturated carbocycles. The molecule has 0 aromatic heterocycles. The van der Waals surface area contributed by atoms with Gasteiger partial charge in [0.2, 0.25) is 5.12 Å². The Kier molecular flexibility index (Phi) is 7.41. The highest BCUT2D eigenvalue weighted by Crippen LogP contribution is 2.15. The summed E-state index contributed by atoms with van der Waals surface area (Å²) in [4.78, 5) is 36.0. The second-order valence-corrected chi connectivity index (χ2v) is 6.98. The first-order valence-electron chi connectivity index (χ1n) is 8.26. The summed E-state index contributed by atoms with van der Waals surface area (Å²) in [7, 11) is 0. The van der Waals surface area contributed by atoms with Crippen LogP contribution in [0.15, 0.2) is 60.7 Å². The molecule has 2 aromatic rings. The molecule has 1 unspecified atom stereocenters. The SMILES string of the molecule is CC(CSC(=O)[C@H](Cc1ccccc1)NC(=O)c1ccccc1)C(=O)O. The van der Waals surface area contributed by atoms with Crippen molar-refractivity contribution in [2.45, 2.75) is 19.4 Å². The van der Waals surface area contributed by atoms with E-state index < -0.39 is 17.9 Å². The number of hydrogen-bond acceptors (Lipinski definition) is 4. The van der Waals surface area contributed by atoms with Gasteiger partial charge in [-0.1, -0.05) is 67.2 Å². The van der Waals surface area contributed by atoms with E-state index >= 15 is 0 Å². The first-order valence-corrected chi connectivity index (χ1v) is 9.25. The van der Waals surface area contributed by atoms with Gasteiger partial charge >= 0.3 is 5.97 Å². The number of aliphatic carboxylic acids is 1. The van der Waals surface area contributed by atoms with Crippen LogP contribution in [0.1, 0.15) is 22.8 Å². The van der Waals surface area contributed by atoms with Crippen LogP contribution in [0.5, 0.6) is 0 Å². The molecule has 0 saturated heterocycles. The third kappa shape index (κ3) is 6.04. The number of benzene rings is 2. The summed E-state index contributed by atoms with van der Waals surface area (Å²) in [6.07, 6.45) is 0.354. The van der Waals surface area contributed by atoms with Gasteiger partial charge in [0.25, 0.3) is 5.91 Å². The minimum atomic E-state index is -0.946. The Balaban J connectivity index is 2.09. The van der Waals surface area contributed by atoms with Crippen molar-refractivity contribution in [3.8, 4) is 0 Å². The van der Waals surface area contributed by atoms with Gasteiger partial charge in [0, 0.05) is 17.7 Å². The van der Waals surface area contributed by atoms with E-state index in [2.05, 4.69) is 5.32 Å². The van der Waals surface area contributed by atoms with Crippen molar-refractivity contribution in [3.05, 3.63) is 71.8 Å². The molecule has 0 fully saturated rings. The van der Waals surface area contributed by atoms with Gasteiger partial charge in [-0.3, -0.25) is 14.4 Å². The fourth-order valence-corrected chi connectivity index (χ4v) is 3.15. The smallest absolute Gasteiger partial charge is 0.307 e. The highest BCUT2D eigenvalue weighted by molar-refractivity contribution is 8.13. The fourth-order valence-electron chi connectivity index (χ4n) is 2.25. The molecule has 0 aliphatic rings. The first kappa shape index (κ1) is 19.7. The van der Waals surface area contributed by atoms with Crippen LogP contribution in [0.3, 0.4) is 0 Å². The Labute approximate surface area is 156 Å². The number of amides is 1. The van der Waals surface area contributed by atoms with Crippen LogP contribution in [0, 0.1) is 5.92 Å². The highest BCUT2D eigenvalue weighted by atomic mass is 32.2. The Morgan fingerprint density at radius 1 is 1.00 bits per heavy atom. The second-order valence-electron chi connectivity index (χ2n) is 5.95. The molecule has 2 N–H and O–H groups in total. The number of carbonyl (C=O) groups is 3. The number of rotatable bonds is 8. The summed E-state index contributed by atoms with van der Waals surface area (Å²) in [5.41, 5.74) is 1.40. The van der Waals surface area contributed by atoms with E-state index in [1.54, 1.807) is 31.2 Å². The summed E-state index contributed by atoms with van der Waals surface area (Å²) in [6.45, 7) is 1.55. The third-order valence-corrected chi connectivity index (χ3v) is 5.04. The average Bonchev–Trinajstić information content (AvgIpc) is 2.66. The Bertz CT molecular complexity index is 749. The lowest BCUT2D eigenvalue weighted by Crippen LogP contribution is -2.41. The molecule has 0 spiro atoms. The minimum absolute atomic E-state index is 0.167. The van der Waals surface area contributed by atoms with Crippen molar-refractivity contribution >= 4 is 28.8 Å². The minimum Gasteiger partial charge on any atom is -0.481 e. The van der Waals surface area contributed by atoms with Gasteiger partial charge in [-0.2, -0.15) is 0 Å². The van der Waals surface area contributed by atoms with Crippen molar-refractivity contribution < 1.29 is 19.5 Å². The Morgan fingerprint density at radius 3 is 2.15 bits per heavy atom. The lowest BCUT2D eigenvalue weighted by Gasteiger charge is -2.18. The number of nitrogens with one attached hydrogen (secondary N) is 1. The van der Waals surface area contributed by atoms with Crippen molar-refractivity contribution in [2.75, 3.05) is 5.75 Å². The highest BCUT2D eigenvalue weighted by Gasteiger charge is 2.24. The van der Waals surface area contributed by atoms with Gasteiger partial charge < -0.3 is 10.4 Å². The van der Waals surface area contributed by atoms with Crippen molar-refractivity contribution in [1.82, 2.24) is 5.32 Å². The van der Waals surface area contributed by atoms with Crippen LogP contribution < -0.4 is 5.32 Å². The van der Waals surface area contributed by atoms with E-state index in [1.165, 1.54) is 0 Å². The standard InChI is InChI=1S/C20H21NO4S/c1-14(19(23)24)13-26-20(25)17(12-15-8-4-2-5-9-15)21-18(22)16-10-6-3-7-11-16/h2-11,14,17H,12-13H2,1H3,(H,21,22)(H,23,24)/t14?,17-/m0/s1. The summed E-state index contributed by atoms with van der Waals surface area (Å²) < 4.78 is 0. The first-order chi connectivity index (χ1) is 12.5. The maximum atomic E-state index is 12.6. The quantitative estimate of drug-likeness (QED) is 0.745. The van der Waals surface area contributed by atoms with Crippen LogP contribution in [-0.4, -0.2) is 33.9 Å². The summed E-state index contributed by atoms with van der Waals surface area (Å²) in [5, 5.41) is 11.5. The third-order valence-electron chi connectivity index (χ3n) is 3.81. The normalized spacial score (nSPS) is 12.8. The van der Waals surface area contributed by atoms with Gasteiger partial charge in [-0.15, -0.1) is 0 Å². The molecule has 0 bridgehead atoms. The molecule has 5 nitrogen and oxygen atoms in total.